The van der Waals surface area contributed by atoms with Gasteiger partial charge in [-0.05, 0) is 61.6 Å². The monoisotopic (exact) mass is 481 g/mol. The summed E-state index contributed by atoms with van der Waals surface area (Å²) in [5.41, 5.74) is 2.32. The van der Waals surface area contributed by atoms with Gasteiger partial charge in [-0.1, -0.05) is 53.7 Å². The summed E-state index contributed by atoms with van der Waals surface area (Å²) in [4.78, 5) is 27.5. The van der Waals surface area contributed by atoms with Gasteiger partial charge >= 0.3 is 0 Å². The molecule has 0 radical (unpaired) electrons. The Hall–Kier alpha value is -4.56. The Morgan fingerprint density at radius 1 is 0.914 bits per heavy atom. The average Bonchev–Trinajstić information content (AvgIpc) is 3.24. The first-order chi connectivity index (χ1) is 17.0. The highest BCUT2D eigenvalue weighted by atomic mass is 32.1. The second-order valence-corrected chi connectivity index (χ2v) is 8.12. The van der Waals surface area contributed by atoms with Crippen molar-refractivity contribution in [2.75, 3.05) is 4.90 Å². The molecule has 5 rings (SSSR count). The molecule has 1 N–H and O–H groups in total. The number of ether oxygens (including phenoxy) is 1. The molecule has 0 saturated carbocycles. The van der Waals surface area contributed by atoms with Crippen LogP contribution in [0.5, 0.6) is 11.5 Å². The summed E-state index contributed by atoms with van der Waals surface area (Å²) in [5, 5.41) is 6.72. The third-order valence-corrected chi connectivity index (χ3v) is 5.70. The number of carbonyl (C=O) groups excluding carboxylic acids is 2. The highest BCUT2D eigenvalue weighted by Crippen LogP contribution is 2.30. The Morgan fingerprint density at radius 3 is 2.23 bits per heavy atom. The first kappa shape index (κ1) is 22.2. The van der Waals surface area contributed by atoms with E-state index in [1.807, 2.05) is 60.7 Å². The third-order valence-electron chi connectivity index (χ3n) is 5.42. The molecule has 1 saturated heterocycles. The molecule has 3 aromatic carbocycles. The van der Waals surface area contributed by atoms with E-state index in [0.29, 0.717) is 34.2 Å². The molecule has 172 valence electrons. The van der Waals surface area contributed by atoms with Crippen molar-refractivity contribution in [2.24, 2.45) is 0 Å². The van der Waals surface area contributed by atoms with Gasteiger partial charge in [0.2, 0.25) is 0 Å². The number of nitrogens with zero attached hydrogens (tertiary/aromatic N) is 2. The fourth-order valence-electron chi connectivity index (χ4n) is 3.68. The van der Waals surface area contributed by atoms with Gasteiger partial charge in [0.15, 0.2) is 5.11 Å². The highest BCUT2D eigenvalue weighted by molar-refractivity contribution is 7.80. The average molecular weight is 482 g/mol. The lowest BCUT2D eigenvalue weighted by Crippen LogP contribution is -2.54. The second kappa shape index (κ2) is 9.36. The number of para-hydroxylation sites is 1. The van der Waals surface area contributed by atoms with Crippen LogP contribution in [0.2, 0.25) is 0 Å². The van der Waals surface area contributed by atoms with E-state index >= 15 is 0 Å². The van der Waals surface area contributed by atoms with Gasteiger partial charge in [0.05, 0.1) is 5.69 Å². The molecule has 1 aliphatic heterocycles. The van der Waals surface area contributed by atoms with Crippen molar-refractivity contribution >= 4 is 40.9 Å². The van der Waals surface area contributed by atoms with E-state index in [-0.39, 0.29) is 10.7 Å². The van der Waals surface area contributed by atoms with E-state index in [2.05, 4.69) is 10.5 Å². The SMILES string of the molecule is Cc1onc(-c2ccccc2)c1C=C1C(=O)NC(=S)N(c2ccc(Oc3ccccc3)cc2)C1=O. The molecule has 0 atom stereocenters. The van der Waals surface area contributed by atoms with Gasteiger partial charge in [-0.15, -0.1) is 0 Å². The van der Waals surface area contributed by atoms with Crippen molar-refractivity contribution in [1.82, 2.24) is 10.5 Å². The number of rotatable bonds is 5. The van der Waals surface area contributed by atoms with Gasteiger partial charge < -0.3 is 9.26 Å². The van der Waals surface area contributed by atoms with Crippen molar-refractivity contribution in [2.45, 2.75) is 6.92 Å². The number of aromatic nitrogens is 1. The van der Waals surface area contributed by atoms with E-state index in [1.165, 1.54) is 11.0 Å². The summed E-state index contributed by atoms with van der Waals surface area (Å²) in [6.07, 6.45) is 1.49. The van der Waals surface area contributed by atoms with Crippen molar-refractivity contribution < 1.29 is 18.8 Å². The molecular formula is C27H19N3O4S. The molecule has 8 heteroatoms. The van der Waals surface area contributed by atoms with Gasteiger partial charge in [0.1, 0.15) is 28.5 Å². The molecule has 2 amide bonds. The van der Waals surface area contributed by atoms with Gasteiger partial charge in [0, 0.05) is 11.1 Å². The highest BCUT2D eigenvalue weighted by Gasteiger charge is 2.35. The van der Waals surface area contributed by atoms with Gasteiger partial charge in [-0.25, -0.2) is 0 Å². The minimum atomic E-state index is -0.583. The maximum Gasteiger partial charge on any atom is 0.270 e. The molecule has 4 aromatic rings. The van der Waals surface area contributed by atoms with E-state index in [1.54, 1.807) is 31.2 Å². The van der Waals surface area contributed by atoms with E-state index in [4.69, 9.17) is 21.5 Å². The molecule has 7 nitrogen and oxygen atoms in total. The van der Waals surface area contributed by atoms with Crippen LogP contribution in [0.15, 0.2) is 95.0 Å². The van der Waals surface area contributed by atoms with Crippen molar-refractivity contribution in [3.63, 3.8) is 0 Å². The predicted molar refractivity (Wildman–Crippen MR) is 136 cm³/mol. The number of hydrogen-bond donors (Lipinski definition) is 1. The number of hydrogen-bond acceptors (Lipinski definition) is 6. The van der Waals surface area contributed by atoms with Gasteiger partial charge in [-0.2, -0.15) is 0 Å². The van der Waals surface area contributed by atoms with E-state index in [9.17, 15) is 9.59 Å². The molecule has 0 aliphatic carbocycles. The summed E-state index contributed by atoms with van der Waals surface area (Å²) in [7, 11) is 0. The minimum Gasteiger partial charge on any atom is -0.457 e. The quantitative estimate of drug-likeness (QED) is 0.237. The lowest BCUT2D eigenvalue weighted by atomic mass is 10.0. The van der Waals surface area contributed by atoms with E-state index in [0.717, 1.165) is 5.56 Å². The first-order valence-electron chi connectivity index (χ1n) is 10.8. The number of benzene rings is 3. The summed E-state index contributed by atoms with van der Waals surface area (Å²) in [6, 6.07) is 25.6. The van der Waals surface area contributed by atoms with Crippen LogP contribution < -0.4 is 15.0 Å². The number of anilines is 1. The van der Waals surface area contributed by atoms with Crippen LogP contribution in [0.25, 0.3) is 17.3 Å². The van der Waals surface area contributed by atoms with Crippen molar-refractivity contribution in [3.05, 3.63) is 102 Å². The lowest BCUT2D eigenvalue weighted by molar-refractivity contribution is -0.122. The Balaban J connectivity index is 1.46. The van der Waals surface area contributed by atoms with Crippen LogP contribution >= 0.6 is 12.2 Å². The van der Waals surface area contributed by atoms with Crippen LogP contribution in [-0.2, 0) is 9.59 Å². The molecule has 1 aromatic heterocycles. The molecule has 0 spiro atoms. The standard InChI is InChI=1S/C27H19N3O4S/c1-17-22(24(29-34-17)18-8-4-2-5-9-18)16-23-25(31)28-27(35)30(26(23)32)19-12-14-21(15-13-19)33-20-10-6-3-7-11-20/h2-16H,1H3,(H,28,31,35). The molecule has 1 fully saturated rings. The fourth-order valence-corrected chi connectivity index (χ4v) is 3.96. The fraction of sp³-hybridized carbons (Fsp3) is 0.0370. The zero-order chi connectivity index (χ0) is 24.4. The lowest BCUT2D eigenvalue weighted by Gasteiger charge is -2.29. The zero-order valence-corrected chi connectivity index (χ0v) is 19.4. The number of amides is 2. The summed E-state index contributed by atoms with van der Waals surface area (Å²) in [5.74, 6) is 0.650. The third kappa shape index (κ3) is 4.47. The number of thiocarbonyl (C=S) groups is 1. The summed E-state index contributed by atoms with van der Waals surface area (Å²) < 4.78 is 11.2. The van der Waals surface area contributed by atoms with Crippen molar-refractivity contribution in [3.8, 4) is 22.8 Å². The Labute approximate surface area is 206 Å². The maximum atomic E-state index is 13.4. The topological polar surface area (TPSA) is 84.7 Å². The smallest absolute Gasteiger partial charge is 0.270 e. The first-order valence-corrected chi connectivity index (χ1v) is 11.2. The molecule has 1 aliphatic rings. The minimum absolute atomic E-state index is 0.000740. The van der Waals surface area contributed by atoms with Crippen LogP contribution in [0.3, 0.4) is 0 Å². The number of carbonyl (C=O) groups is 2. The Bertz CT molecular complexity index is 1450. The van der Waals surface area contributed by atoms with Crippen molar-refractivity contribution in [1.29, 1.82) is 0 Å². The largest absolute Gasteiger partial charge is 0.457 e. The second-order valence-electron chi connectivity index (χ2n) is 7.73. The van der Waals surface area contributed by atoms with Crippen LogP contribution in [0.4, 0.5) is 5.69 Å². The Morgan fingerprint density at radius 2 is 1.54 bits per heavy atom. The maximum absolute atomic E-state index is 13.4. The van der Waals surface area contributed by atoms with Gasteiger partial charge in [-0.3, -0.25) is 19.8 Å². The summed E-state index contributed by atoms with van der Waals surface area (Å²) in [6.45, 7) is 1.73. The zero-order valence-electron chi connectivity index (χ0n) is 18.6. The molecular weight excluding hydrogens is 462 g/mol. The predicted octanol–water partition coefficient (Wildman–Crippen LogP) is 5.27. The molecule has 0 bridgehead atoms. The molecule has 0 unspecified atom stereocenters. The van der Waals surface area contributed by atoms with Crippen LogP contribution in [-0.4, -0.2) is 22.1 Å². The van der Waals surface area contributed by atoms with Crippen LogP contribution in [0.1, 0.15) is 11.3 Å². The molecule has 2 heterocycles. The Kier molecular flexibility index (Phi) is 5.95. The van der Waals surface area contributed by atoms with Gasteiger partial charge in [0.25, 0.3) is 11.8 Å². The van der Waals surface area contributed by atoms with E-state index < -0.39 is 11.8 Å². The molecule has 35 heavy (non-hydrogen) atoms. The van der Waals surface area contributed by atoms with Crippen LogP contribution in [0, 0.1) is 6.92 Å². The number of nitrogens with one attached hydrogen (secondary N) is 1. The number of aryl methyl sites for hydroxylation is 1. The summed E-state index contributed by atoms with van der Waals surface area (Å²) >= 11 is 5.31. The normalized spacial score (nSPS) is 14.8.